The number of non-ortho nitro benzene ring substituents is 1. The van der Waals surface area contributed by atoms with Crippen molar-refractivity contribution in [2.45, 2.75) is 37.6 Å². The zero-order valence-electron chi connectivity index (χ0n) is 9.69. The van der Waals surface area contributed by atoms with Crippen molar-refractivity contribution in [3.63, 3.8) is 0 Å². The molecule has 0 radical (unpaired) electrons. The monoisotopic (exact) mass is 232 g/mol. The third-order valence-corrected chi connectivity index (χ3v) is 4.05. The molecule has 2 unspecified atom stereocenters. The number of benzene rings is 1. The van der Waals surface area contributed by atoms with Crippen LogP contribution in [-0.2, 0) is 6.42 Å². The first-order valence-corrected chi connectivity index (χ1v) is 6.26. The third kappa shape index (κ3) is 1.82. The standard InChI is InChI=1S/C13H16N2O2/c16-15(17)10-5-3-9-4-6-13-11(12(9)8-10)2-1-7-14-13/h3,5,8,11,13-14H,1-2,4,6-7H2. The maximum Gasteiger partial charge on any atom is 0.269 e. The van der Waals surface area contributed by atoms with Crippen molar-refractivity contribution in [2.75, 3.05) is 6.54 Å². The molecule has 1 saturated heterocycles. The Bertz CT molecular complexity index is 459. The Morgan fingerprint density at radius 1 is 1.35 bits per heavy atom. The number of nitro groups is 1. The smallest absolute Gasteiger partial charge is 0.269 e. The van der Waals surface area contributed by atoms with E-state index in [1.165, 1.54) is 17.5 Å². The number of piperidine rings is 1. The summed E-state index contributed by atoms with van der Waals surface area (Å²) >= 11 is 0. The van der Waals surface area contributed by atoms with Crippen molar-refractivity contribution >= 4 is 5.69 Å². The fraction of sp³-hybridized carbons (Fsp3) is 0.538. The summed E-state index contributed by atoms with van der Waals surface area (Å²) in [4.78, 5) is 10.5. The molecule has 1 heterocycles. The van der Waals surface area contributed by atoms with Crippen molar-refractivity contribution in [1.29, 1.82) is 0 Å². The lowest BCUT2D eigenvalue weighted by Crippen LogP contribution is -2.42. The van der Waals surface area contributed by atoms with Crippen molar-refractivity contribution in [3.05, 3.63) is 39.4 Å². The Kier molecular flexibility index (Phi) is 2.59. The Labute approximate surface area is 100 Å². The van der Waals surface area contributed by atoms with Crippen LogP contribution >= 0.6 is 0 Å². The topological polar surface area (TPSA) is 55.2 Å². The molecule has 4 heteroatoms. The van der Waals surface area contributed by atoms with Gasteiger partial charge in [0.15, 0.2) is 0 Å². The first kappa shape index (κ1) is 10.7. The van der Waals surface area contributed by atoms with Crippen LogP contribution < -0.4 is 5.32 Å². The van der Waals surface area contributed by atoms with Gasteiger partial charge in [-0.05, 0) is 49.3 Å². The molecule has 2 atom stereocenters. The van der Waals surface area contributed by atoms with Crippen LogP contribution in [0.5, 0.6) is 0 Å². The molecule has 0 aromatic heterocycles. The van der Waals surface area contributed by atoms with E-state index in [2.05, 4.69) is 5.32 Å². The van der Waals surface area contributed by atoms with Gasteiger partial charge in [0.25, 0.3) is 5.69 Å². The molecule has 1 aromatic rings. The number of hydrogen-bond acceptors (Lipinski definition) is 3. The molecule has 0 saturated carbocycles. The van der Waals surface area contributed by atoms with E-state index in [1.54, 1.807) is 12.1 Å². The van der Waals surface area contributed by atoms with Gasteiger partial charge in [-0.25, -0.2) is 0 Å². The fourth-order valence-electron chi connectivity index (χ4n) is 3.21. The van der Waals surface area contributed by atoms with E-state index >= 15 is 0 Å². The Hall–Kier alpha value is -1.42. The van der Waals surface area contributed by atoms with Crippen LogP contribution in [0, 0.1) is 10.1 Å². The van der Waals surface area contributed by atoms with Gasteiger partial charge in [-0.2, -0.15) is 0 Å². The summed E-state index contributed by atoms with van der Waals surface area (Å²) in [7, 11) is 0. The lowest BCUT2D eigenvalue weighted by atomic mass is 9.75. The van der Waals surface area contributed by atoms with Gasteiger partial charge in [0.1, 0.15) is 0 Å². The minimum absolute atomic E-state index is 0.231. The summed E-state index contributed by atoms with van der Waals surface area (Å²) in [5.41, 5.74) is 2.75. The second-order valence-electron chi connectivity index (χ2n) is 4.99. The van der Waals surface area contributed by atoms with Gasteiger partial charge in [-0.15, -0.1) is 0 Å². The van der Waals surface area contributed by atoms with Crippen molar-refractivity contribution in [2.24, 2.45) is 0 Å². The predicted octanol–water partition coefficient (Wildman–Crippen LogP) is 2.38. The molecular formula is C13H16N2O2. The molecule has 1 fully saturated rings. The zero-order chi connectivity index (χ0) is 11.8. The van der Waals surface area contributed by atoms with Crippen LogP contribution in [0.15, 0.2) is 18.2 Å². The number of aryl methyl sites for hydroxylation is 1. The van der Waals surface area contributed by atoms with E-state index in [0.29, 0.717) is 12.0 Å². The number of nitro benzene ring substituents is 1. The van der Waals surface area contributed by atoms with Crippen LogP contribution in [0.25, 0.3) is 0 Å². The zero-order valence-corrected chi connectivity index (χ0v) is 9.69. The largest absolute Gasteiger partial charge is 0.313 e. The Morgan fingerprint density at radius 2 is 2.24 bits per heavy atom. The van der Waals surface area contributed by atoms with E-state index in [-0.39, 0.29) is 10.6 Å². The van der Waals surface area contributed by atoms with Crippen LogP contribution in [-0.4, -0.2) is 17.5 Å². The quantitative estimate of drug-likeness (QED) is 0.597. The van der Waals surface area contributed by atoms with Gasteiger partial charge < -0.3 is 5.32 Å². The molecular weight excluding hydrogens is 216 g/mol. The van der Waals surface area contributed by atoms with Crippen LogP contribution in [0.1, 0.15) is 36.3 Å². The van der Waals surface area contributed by atoms with Gasteiger partial charge in [0.05, 0.1) is 4.92 Å². The van der Waals surface area contributed by atoms with Crippen LogP contribution in [0.3, 0.4) is 0 Å². The molecule has 3 rings (SSSR count). The molecule has 4 nitrogen and oxygen atoms in total. The molecule has 1 aliphatic carbocycles. The van der Waals surface area contributed by atoms with E-state index in [1.807, 2.05) is 6.07 Å². The van der Waals surface area contributed by atoms with Gasteiger partial charge in [0, 0.05) is 18.2 Å². The molecule has 90 valence electrons. The molecule has 1 N–H and O–H groups in total. The van der Waals surface area contributed by atoms with E-state index < -0.39 is 0 Å². The molecule has 1 aromatic carbocycles. The lowest BCUT2D eigenvalue weighted by Gasteiger charge is -2.37. The normalized spacial score (nSPS) is 27.1. The first-order valence-electron chi connectivity index (χ1n) is 6.26. The third-order valence-electron chi connectivity index (χ3n) is 4.05. The molecule has 0 amide bonds. The molecule has 2 aliphatic rings. The van der Waals surface area contributed by atoms with Crippen molar-refractivity contribution in [3.8, 4) is 0 Å². The number of rotatable bonds is 1. The summed E-state index contributed by atoms with van der Waals surface area (Å²) in [6.07, 6.45) is 4.53. The maximum atomic E-state index is 10.8. The average molecular weight is 232 g/mol. The van der Waals surface area contributed by atoms with Gasteiger partial charge in [-0.3, -0.25) is 10.1 Å². The lowest BCUT2D eigenvalue weighted by molar-refractivity contribution is -0.385. The average Bonchev–Trinajstić information content (AvgIpc) is 2.38. The van der Waals surface area contributed by atoms with Crippen LogP contribution in [0.4, 0.5) is 5.69 Å². The highest BCUT2D eigenvalue weighted by molar-refractivity contribution is 5.44. The number of fused-ring (bicyclic) bond motifs is 3. The second kappa shape index (κ2) is 4.11. The number of nitrogens with zero attached hydrogens (tertiary/aromatic N) is 1. The number of hydrogen-bond donors (Lipinski definition) is 1. The van der Waals surface area contributed by atoms with Crippen molar-refractivity contribution in [1.82, 2.24) is 5.32 Å². The summed E-state index contributed by atoms with van der Waals surface area (Å²) in [6, 6.07) is 5.89. The minimum atomic E-state index is -0.292. The molecule has 17 heavy (non-hydrogen) atoms. The highest BCUT2D eigenvalue weighted by Gasteiger charge is 2.32. The fourth-order valence-corrected chi connectivity index (χ4v) is 3.21. The van der Waals surface area contributed by atoms with Crippen LogP contribution in [0.2, 0.25) is 0 Å². The summed E-state index contributed by atoms with van der Waals surface area (Å²) in [5.74, 6) is 0.479. The summed E-state index contributed by atoms with van der Waals surface area (Å²) in [6.45, 7) is 1.09. The predicted molar refractivity (Wildman–Crippen MR) is 65.2 cm³/mol. The molecule has 1 aliphatic heterocycles. The SMILES string of the molecule is O=[N+]([O-])c1ccc2c(c1)C1CCCNC1CC2. The van der Waals surface area contributed by atoms with Gasteiger partial charge >= 0.3 is 0 Å². The summed E-state index contributed by atoms with van der Waals surface area (Å²) < 4.78 is 0. The Balaban J connectivity index is 2.01. The van der Waals surface area contributed by atoms with E-state index in [0.717, 1.165) is 25.8 Å². The highest BCUT2D eigenvalue weighted by Crippen LogP contribution is 2.38. The maximum absolute atomic E-state index is 10.8. The van der Waals surface area contributed by atoms with E-state index in [9.17, 15) is 10.1 Å². The van der Waals surface area contributed by atoms with Gasteiger partial charge in [-0.1, -0.05) is 6.07 Å². The number of nitrogens with one attached hydrogen (secondary N) is 1. The van der Waals surface area contributed by atoms with E-state index in [4.69, 9.17) is 0 Å². The second-order valence-corrected chi connectivity index (χ2v) is 4.99. The summed E-state index contributed by atoms with van der Waals surface area (Å²) in [5, 5.41) is 14.4. The van der Waals surface area contributed by atoms with Gasteiger partial charge in [0.2, 0.25) is 0 Å². The highest BCUT2D eigenvalue weighted by atomic mass is 16.6. The molecule has 0 spiro atoms. The van der Waals surface area contributed by atoms with Crippen molar-refractivity contribution < 1.29 is 4.92 Å². The first-order chi connectivity index (χ1) is 8.25. The molecule has 0 bridgehead atoms. The minimum Gasteiger partial charge on any atom is -0.313 e. The Morgan fingerprint density at radius 3 is 3.06 bits per heavy atom.